The highest BCUT2D eigenvalue weighted by molar-refractivity contribution is 7.47. The summed E-state index contributed by atoms with van der Waals surface area (Å²) in [7, 11) is 1.48. The van der Waals surface area contributed by atoms with Gasteiger partial charge < -0.3 is 18.9 Å². The second kappa shape index (κ2) is 25.5. The fourth-order valence-electron chi connectivity index (χ4n) is 4.25. The van der Waals surface area contributed by atoms with Gasteiger partial charge in [-0.05, 0) is 12.8 Å². The Bertz CT molecular complexity index is 698. The third-order valence-corrected chi connectivity index (χ3v) is 7.87. The zero-order valence-corrected chi connectivity index (χ0v) is 27.9. The van der Waals surface area contributed by atoms with Gasteiger partial charge in [-0.2, -0.15) is 0 Å². The van der Waals surface area contributed by atoms with Crippen molar-refractivity contribution in [2.45, 2.75) is 142 Å². The molecule has 0 aromatic heterocycles. The predicted octanol–water partition coefficient (Wildman–Crippen LogP) is 7.73. The average molecular weight is 609 g/mol. The highest BCUT2D eigenvalue weighted by Gasteiger charge is 2.27. The number of rotatable bonds is 29. The monoisotopic (exact) mass is 608 g/mol. The lowest BCUT2D eigenvalue weighted by Crippen LogP contribution is -2.37. The molecule has 0 aromatic carbocycles. The Kier molecular flexibility index (Phi) is 24.9. The van der Waals surface area contributed by atoms with Crippen LogP contribution < -0.4 is 0 Å². The van der Waals surface area contributed by atoms with Crippen LogP contribution in [0.5, 0.6) is 0 Å². The van der Waals surface area contributed by atoms with Crippen molar-refractivity contribution in [3.8, 4) is 0 Å². The van der Waals surface area contributed by atoms with E-state index in [9.17, 15) is 19.0 Å². The van der Waals surface area contributed by atoms with Crippen LogP contribution in [0.3, 0.4) is 0 Å². The first-order chi connectivity index (χ1) is 19.5. The maximum atomic E-state index is 12.3. The van der Waals surface area contributed by atoms with Crippen molar-refractivity contribution >= 4 is 19.8 Å². The fourth-order valence-corrected chi connectivity index (χ4v) is 4.99. The van der Waals surface area contributed by atoms with Gasteiger partial charge in [-0.3, -0.25) is 18.6 Å². The van der Waals surface area contributed by atoms with Gasteiger partial charge in [-0.15, -0.1) is 0 Å². The van der Waals surface area contributed by atoms with E-state index >= 15 is 0 Å². The van der Waals surface area contributed by atoms with E-state index in [0.29, 0.717) is 23.9 Å². The van der Waals surface area contributed by atoms with Crippen molar-refractivity contribution in [3.63, 3.8) is 0 Å². The van der Waals surface area contributed by atoms with E-state index in [1.54, 1.807) is 0 Å². The summed E-state index contributed by atoms with van der Waals surface area (Å²) in [4.78, 5) is 34.6. The zero-order valence-electron chi connectivity index (χ0n) is 27.0. The molecule has 0 saturated carbocycles. The van der Waals surface area contributed by atoms with E-state index in [1.807, 2.05) is 21.1 Å². The Balaban J connectivity index is 4.31. The Morgan fingerprint density at radius 2 is 1.10 bits per heavy atom. The molecule has 0 aliphatic carbocycles. The van der Waals surface area contributed by atoms with Crippen LogP contribution in [0.15, 0.2) is 0 Å². The van der Waals surface area contributed by atoms with Crippen molar-refractivity contribution < 1.29 is 42.1 Å². The summed E-state index contributed by atoms with van der Waals surface area (Å²) in [6, 6.07) is 0. The topological polar surface area (TPSA) is 108 Å². The average Bonchev–Trinajstić information content (AvgIpc) is 2.90. The molecular formula is C31H63NO8P+. The first kappa shape index (κ1) is 40.0. The molecule has 0 spiro atoms. The highest BCUT2D eigenvalue weighted by atomic mass is 31.2. The lowest BCUT2D eigenvalue weighted by Gasteiger charge is -2.24. The lowest BCUT2D eigenvalue weighted by atomic mass is 10.0. The Morgan fingerprint density at radius 1 is 0.659 bits per heavy atom. The molecule has 0 fully saturated rings. The SMILES string of the molecule is CCCCCCCCCCCCCCCC(=O)OC[C@@H](COP(=O)(O)OCC[N+](C)(C)C)OC(=O)CCCCCC. The largest absolute Gasteiger partial charge is 0.472 e. The summed E-state index contributed by atoms with van der Waals surface area (Å²) in [5.41, 5.74) is 0. The molecule has 0 rings (SSSR count). The summed E-state index contributed by atoms with van der Waals surface area (Å²) < 4.78 is 33.7. The second-order valence-electron chi connectivity index (χ2n) is 12.2. The van der Waals surface area contributed by atoms with Gasteiger partial charge in [0.25, 0.3) is 0 Å². The first-order valence-corrected chi connectivity index (χ1v) is 17.8. The number of likely N-dealkylation sites (N-methyl/N-ethyl adjacent to an activating group) is 1. The predicted molar refractivity (Wildman–Crippen MR) is 165 cm³/mol. The number of esters is 2. The molecule has 0 aliphatic heterocycles. The van der Waals surface area contributed by atoms with E-state index in [0.717, 1.165) is 38.5 Å². The van der Waals surface area contributed by atoms with Gasteiger partial charge in [-0.25, -0.2) is 4.57 Å². The van der Waals surface area contributed by atoms with Crippen molar-refractivity contribution in [1.29, 1.82) is 0 Å². The zero-order chi connectivity index (χ0) is 30.8. The number of phosphoric acid groups is 1. The van der Waals surface area contributed by atoms with Crippen LogP contribution in [0.2, 0.25) is 0 Å². The van der Waals surface area contributed by atoms with Gasteiger partial charge in [0.05, 0.1) is 27.7 Å². The summed E-state index contributed by atoms with van der Waals surface area (Å²) in [6.45, 7) is 4.26. The summed E-state index contributed by atoms with van der Waals surface area (Å²) in [5.74, 6) is -0.815. The van der Waals surface area contributed by atoms with Crippen LogP contribution in [-0.2, 0) is 32.7 Å². The number of ether oxygens (including phenoxy) is 2. The Hall–Kier alpha value is -0.990. The van der Waals surface area contributed by atoms with Gasteiger partial charge in [-0.1, -0.05) is 110 Å². The molecule has 10 heteroatoms. The van der Waals surface area contributed by atoms with Gasteiger partial charge in [0.15, 0.2) is 6.10 Å². The molecule has 0 heterocycles. The first-order valence-electron chi connectivity index (χ1n) is 16.3. The molecule has 41 heavy (non-hydrogen) atoms. The van der Waals surface area contributed by atoms with Crippen LogP contribution in [-0.4, -0.2) is 74.9 Å². The van der Waals surface area contributed by atoms with Crippen LogP contribution in [0.25, 0.3) is 0 Å². The summed E-state index contributed by atoms with van der Waals surface area (Å²) in [6.07, 6.45) is 19.2. The van der Waals surface area contributed by atoms with Gasteiger partial charge in [0.2, 0.25) is 0 Å². The minimum absolute atomic E-state index is 0.0350. The Labute approximate surface area is 251 Å². The molecule has 0 saturated heterocycles. The molecule has 0 aliphatic rings. The molecule has 0 bridgehead atoms. The number of unbranched alkanes of at least 4 members (excludes halogenated alkanes) is 15. The van der Waals surface area contributed by atoms with Crippen molar-refractivity contribution in [2.75, 3.05) is 47.5 Å². The van der Waals surface area contributed by atoms with Crippen molar-refractivity contribution in [3.05, 3.63) is 0 Å². The molecule has 9 nitrogen and oxygen atoms in total. The third kappa shape index (κ3) is 28.9. The van der Waals surface area contributed by atoms with Gasteiger partial charge in [0, 0.05) is 12.8 Å². The van der Waals surface area contributed by atoms with Crippen LogP contribution in [0.4, 0.5) is 0 Å². The van der Waals surface area contributed by atoms with Gasteiger partial charge >= 0.3 is 19.8 Å². The standard InChI is InChI=1S/C31H62NO8P/c1-6-8-10-12-13-14-15-16-17-18-19-20-22-23-30(33)37-27-29(40-31(34)24-21-11-9-7-2)28-39-41(35,36)38-26-25-32(3,4)5/h29H,6-28H2,1-5H3/p+1/t29-/m0/s1. The third-order valence-electron chi connectivity index (χ3n) is 6.89. The second-order valence-corrected chi connectivity index (χ2v) is 13.7. The van der Waals surface area contributed by atoms with E-state index < -0.39 is 26.5 Å². The van der Waals surface area contributed by atoms with Crippen LogP contribution >= 0.6 is 7.82 Å². The Morgan fingerprint density at radius 3 is 1.59 bits per heavy atom. The molecule has 0 aromatic rings. The number of hydrogen-bond acceptors (Lipinski definition) is 7. The number of hydrogen-bond donors (Lipinski definition) is 1. The fraction of sp³-hybridized carbons (Fsp3) is 0.935. The normalized spacial score (nSPS) is 14.0. The minimum atomic E-state index is -4.34. The van der Waals surface area contributed by atoms with E-state index in [-0.39, 0.29) is 25.6 Å². The number of nitrogens with zero attached hydrogens (tertiary/aromatic N) is 1. The molecule has 1 N–H and O–H groups in total. The molecule has 244 valence electrons. The lowest BCUT2D eigenvalue weighted by molar-refractivity contribution is -0.870. The van der Waals surface area contributed by atoms with E-state index in [4.69, 9.17) is 18.5 Å². The molecule has 0 amide bonds. The van der Waals surface area contributed by atoms with Crippen molar-refractivity contribution in [1.82, 2.24) is 0 Å². The maximum absolute atomic E-state index is 12.3. The quantitative estimate of drug-likeness (QED) is 0.0398. The smallest absolute Gasteiger partial charge is 0.462 e. The number of carbonyl (C=O) groups is 2. The summed E-state index contributed by atoms with van der Waals surface area (Å²) in [5, 5.41) is 0. The molecule has 1 unspecified atom stereocenters. The van der Waals surface area contributed by atoms with Crippen LogP contribution in [0.1, 0.15) is 136 Å². The van der Waals surface area contributed by atoms with E-state index in [1.165, 1.54) is 64.2 Å². The van der Waals surface area contributed by atoms with E-state index in [2.05, 4.69) is 13.8 Å². The highest BCUT2D eigenvalue weighted by Crippen LogP contribution is 2.43. The number of phosphoric ester groups is 1. The maximum Gasteiger partial charge on any atom is 0.472 e. The number of quaternary nitrogens is 1. The van der Waals surface area contributed by atoms with Crippen molar-refractivity contribution in [2.24, 2.45) is 0 Å². The minimum Gasteiger partial charge on any atom is -0.462 e. The number of carbonyl (C=O) groups excluding carboxylic acids is 2. The van der Waals surface area contributed by atoms with Crippen LogP contribution in [0, 0.1) is 0 Å². The molecular weight excluding hydrogens is 545 g/mol. The molecule has 0 radical (unpaired) electrons. The molecule has 2 atom stereocenters. The van der Waals surface area contributed by atoms with Gasteiger partial charge in [0.1, 0.15) is 19.8 Å². The summed E-state index contributed by atoms with van der Waals surface area (Å²) >= 11 is 0.